The van der Waals surface area contributed by atoms with Crippen LogP contribution in [0.5, 0.6) is 0 Å². The second-order valence-electron chi connectivity index (χ2n) is 5.91. The fourth-order valence-corrected chi connectivity index (χ4v) is 2.53. The Morgan fingerprint density at radius 1 is 0.800 bits per heavy atom. The van der Waals surface area contributed by atoms with Crippen molar-refractivity contribution < 1.29 is 46.0 Å². The number of carbonyl (C=O) groups is 4. The number of rotatable bonds is 5. The normalized spacial score (nSPS) is 12.8. The molecule has 12 heteroatoms. The summed E-state index contributed by atoms with van der Waals surface area (Å²) in [6, 6.07) is 5.64. The van der Waals surface area contributed by atoms with E-state index >= 15 is 0 Å². The van der Waals surface area contributed by atoms with Crippen molar-refractivity contribution in [3.05, 3.63) is 64.5 Å². The standard InChI is InChI=1S/C18H9F5N2O5/c19-11-12(20)14(22)16(15(23)13(11)21)24-9(26)5-6-10(27)30-25-17(28)7-3-1-2-4-8(7)18(25)29/h1-4H,5-6H2,(H,24,26). The van der Waals surface area contributed by atoms with Gasteiger partial charge in [-0.3, -0.25) is 14.4 Å². The zero-order valence-corrected chi connectivity index (χ0v) is 14.6. The first-order valence-corrected chi connectivity index (χ1v) is 8.13. The van der Waals surface area contributed by atoms with E-state index in [0.717, 1.165) is 0 Å². The van der Waals surface area contributed by atoms with Gasteiger partial charge in [0, 0.05) is 6.42 Å². The topological polar surface area (TPSA) is 92.8 Å². The molecule has 1 aliphatic heterocycles. The first kappa shape index (κ1) is 20.9. The maximum atomic E-state index is 13.5. The molecule has 3 amide bonds. The van der Waals surface area contributed by atoms with Crippen LogP contribution in [0, 0.1) is 29.1 Å². The fourth-order valence-electron chi connectivity index (χ4n) is 2.53. The average Bonchev–Trinajstić information content (AvgIpc) is 2.97. The SMILES string of the molecule is O=C(CCC(=O)ON1C(=O)c2ccccc2C1=O)Nc1c(F)c(F)c(F)c(F)c1F. The van der Waals surface area contributed by atoms with Crippen LogP contribution in [0.25, 0.3) is 0 Å². The Labute approximate surface area is 164 Å². The van der Waals surface area contributed by atoms with E-state index < -0.39 is 71.3 Å². The largest absolute Gasteiger partial charge is 0.333 e. The lowest BCUT2D eigenvalue weighted by Gasteiger charge is -2.13. The summed E-state index contributed by atoms with van der Waals surface area (Å²) in [6.07, 6.45) is -1.57. The monoisotopic (exact) mass is 428 g/mol. The van der Waals surface area contributed by atoms with E-state index in [0.29, 0.717) is 0 Å². The van der Waals surface area contributed by atoms with Gasteiger partial charge in [0.1, 0.15) is 5.69 Å². The number of imide groups is 1. The molecule has 7 nitrogen and oxygen atoms in total. The number of hydroxylamine groups is 2. The van der Waals surface area contributed by atoms with Gasteiger partial charge in [-0.2, -0.15) is 0 Å². The molecule has 2 aromatic rings. The zero-order chi connectivity index (χ0) is 22.2. The van der Waals surface area contributed by atoms with Gasteiger partial charge in [-0.1, -0.05) is 17.2 Å². The van der Waals surface area contributed by atoms with E-state index in [1.165, 1.54) is 29.6 Å². The number of nitrogens with one attached hydrogen (secondary N) is 1. The first-order valence-electron chi connectivity index (χ1n) is 8.13. The van der Waals surface area contributed by atoms with Gasteiger partial charge in [0.25, 0.3) is 11.8 Å². The van der Waals surface area contributed by atoms with E-state index in [2.05, 4.69) is 4.84 Å². The Kier molecular flexibility index (Phi) is 5.49. The van der Waals surface area contributed by atoms with Gasteiger partial charge in [-0.15, -0.1) is 0 Å². The third-order valence-corrected chi connectivity index (χ3v) is 3.98. The number of nitrogens with zero attached hydrogens (tertiary/aromatic N) is 1. The van der Waals surface area contributed by atoms with Crippen LogP contribution < -0.4 is 5.32 Å². The predicted octanol–water partition coefficient (Wildman–Crippen LogP) is 2.86. The number of hydrogen-bond donors (Lipinski definition) is 1. The number of hydrogen-bond acceptors (Lipinski definition) is 5. The Bertz CT molecular complexity index is 1040. The van der Waals surface area contributed by atoms with Gasteiger partial charge in [0.15, 0.2) is 23.3 Å². The highest BCUT2D eigenvalue weighted by Gasteiger charge is 2.38. The molecule has 0 atom stereocenters. The summed E-state index contributed by atoms with van der Waals surface area (Å²) >= 11 is 0. The maximum Gasteiger partial charge on any atom is 0.333 e. The average molecular weight is 428 g/mol. The highest BCUT2D eigenvalue weighted by atomic mass is 19.2. The summed E-state index contributed by atoms with van der Waals surface area (Å²) in [6.45, 7) is 0. The van der Waals surface area contributed by atoms with Crippen molar-refractivity contribution in [2.24, 2.45) is 0 Å². The van der Waals surface area contributed by atoms with E-state index in [1.807, 2.05) is 0 Å². The van der Waals surface area contributed by atoms with Crippen LogP contribution in [0.3, 0.4) is 0 Å². The van der Waals surface area contributed by atoms with Crippen molar-refractivity contribution in [1.82, 2.24) is 5.06 Å². The van der Waals surface area contributed by atoms with Crippen LogP contribution in [-0.4, -0.2) is 28.8 Å². The second-order valence-corrected chi connectivity index (χ2v) is 5.91. The van der Waals surface area contributed by atoms with E-state index in [-0.39, 0.29) is 16.2 Å². The van der Waals surface area contributed by atoms with Crippen molar-refractivity contribution in [3.63, 3.8) is 0 Å². The van der Waals surface area contributed by atoms with Gasteiger partial charge in [-0.05, 0) is 12.1 Å². The smallest absolute Gasteiger partial charge is 0.330 e. The summed E-state index contributed by atoms with van der Waals surface area (Å²) in [4.78, 5) is 52.3. The fraction of sp³-hybridized carbons (Fsp3) is 0.111. The number of fused-ring (bicyclic) bond motifs is 1. The molecule has 156 valence electrons. The van der Waals surface area contributed by atoms with Gasteiger partial charge >= 0.3 is 5.97 Å². The molecule has 0 saturated carbocycles. The van der Waals surface area contributed by atoms with Gasteiger partial charge in [0.05, 0.1) is 17.5 Å². The van der Waals surface area contributed by atoms with Crippen molar-refractivity contribution in [1.29, 1.82) is 0 Å². The van der Waals surface area contributed by atoms with E-state index in [1.54, 1.807) is 0 Å². The maximum absolute atomic E-state index is 13.5. The van der Waals surface area contributed by atoms with Crippen LogP contribution in [-0.2, 0) is 14.4 Å². The summed E-state index contributed by atoms with van der Waals surface area (Å²) in [7, 11) is 0. The molecule has 1 heterocycles. The van der Waals surface area contributed by atoms with Crippen molar-refractivity contribution >= 4 is 29.4 Å². The molecule has 0 radical (unpaired) electrons. The van der Waals surface area contributed by atoms with Gasteiger partial charge < -0.3 is 10.2 Å². The molecule has 1 N–H and O–H groups in total. The Hall–Kier alpha value is -3.83. The lowest BCUT2D eigenvalue weighted by atomic mass is 10.1. The molecule has 0 bridgehead atoms. The highest BCUT2D eigenvalue weighted by molar-refractivity contribution is 6.20. The van der Waals surface area contributed by atoms with Crippen LogP contribution in [0.1, 0.15) is 33.6 Å². The molecule has 0 fully saturated rings. The van der Waals surface area contributed by atoms with E-state index in [4.69, 9.17) is 0 Å². The molecule has 2 aromatic carbocycles. The summed E-state index contributed by atoms with van der Waals surface area (Å²) in [5, 5.41) is 1.67. The second kappa shape index (κ2) is 7.89. The molecule has 30 heavy (non-hydrogen) atoms. The number of amides is 3. The molecule has 0 aliphatic carbocycles. The summed E-state index contributed by atoms with van der Waals surface area (Å²) in [5.41, 5.74) is -1.58. The molecule has 0 unspecified atom stereocenters. The van der Waals surface area contributed by atoms with Crippen molar-refractivity contribution in [3.8, 4) is 0 Å². The van der Waals surface area contributed by atoms with Crippen molar-refractivity contribution in [2.45, 2.75) is 12.8 Å². The molecule has 3 rings (SSSR count). The minimum Gasteiger partial charge on any atom is -0.330 e. The lowest BCUT2D eigenvalue weighted by Crippen LogP contribution is -2.33. The number of anilines is 1. The highest BCUT2D eigenvalue weighted by Crippen LogP contribution is 2.27. The number of carbonyl (C=O) groups excluding carboxylic acids is 4. The number of halogens is 5. The first-order chi connectivity index (χ1) is 14.1. The third kappa shape index (κ3) is 3.58. The third-order valence-electron chi connectivity index (χ3n) is 3.98. The minimum atomic E-state index is -2.40. The Morgan fingerprint density at radius 3 is 1.77 bits per heavy atom. The van der Waals surface area contributed by atoms with Crippen LogP contribution in [0.4, 0.5) is 27.6 Å². The Morgan fingerprint density at radius 2 is 1.27 bits per heavy atom. The zero-order valence-electron chi connectivity index (χ0n) is 14.6. The van der Waals surface area contributed by atoms with Gasteiger partial charge in [-0.25, -0.2) is 26.7 Å². The lowest BCUT2D eigenvalue weighted by molar-refractivity contribution is -0.168. The quantitative estimate of drug-likeness (QED) is 0.342. The van der Waals surface area contributed by atoms with Crippen LogP contribution in [0.15, 0.2) is 24.3 Å². The van der Waals surface area contributed by atoms with Crippen LogP contribution >= 0.6 is 0 Å². The minimum absolute atomic E-state index is 0.000596. The Balaban J connectivity index is 1.61. The molecule has 0 saturated heterocycles. The molecular weight excluding hydrogens is 419 g/mol. The predicted molar refractivity (Wildman–Crippen MR) is 87.1 cm³/mol. The van der Waals surface area contributed by atoms with E-state index in [9.17, 15) is 41.1 Å². The number of benzene rings is 2. The molecule has 0 spiro atoms. The molecule has 0 aromatic heterocycles. The van der Waals surface area contributed by atoms with Crippen LogP contribution in [0.2, 0.25) is 0 Å². The summed E-state index contributed by atoms with van der Waals surface area (Å²) in [5.74, 6) is -15.7. The van der Waals surface area contributed by atoms with Crippen molar-refractivity contribution in [2.75, 3.05) is 5.32 Å². The molecular formula is C18H9F5N2O5. The molecule has 1 aliphatic rings. The van der Waals surface area contributed by atoms with Gasteiger partial charge in [0.2, 0.25) is 11.7 Å². The summed E-state index contributed by atoms with van der Waals surface area (Å²) < 4.78 is 66.3.